The molecule has 2 aliphatic carbocycles. The van der Waals surface area contributed by atoms with E-state index in [1.807, 2.05) is 0 Å². The van der Waals surface area contributed by atoms with E-state index in [1.165, 1.54) is 0 Å². The third kappa shape index (κ3) is 1.88. The minimum absolute atomic E-state index is 0.0382. The van der Waals surface area contributed by atoms with Crippen molar-refractivity contribution in [3.63, 3.8) is 0 Å². The molecule has 4 atom stereocenters. The highest BCUT2D eigenvalue weighted by molar-refractivity contribution is 5.74. The molecule has 16 heavy (non-hydrogen) atoms. The zero-order chi connectivity index (χ0) is 11.0. The highest BCUT2D eigenvalue weighted by Crippen LogP contribution is 2.44. The molecule has 0 radical (unpaired) electrons. The Kier molecular flexibility index (Phi) is 2.72. The zero-order valence-electron chi connectivity index (χ0n) is 9.43. The fourth-order valence-corrected chi connectivity index (χ4v) is 3.07. The van der Waals surface area contributed by atoms with Gasteiger partial charge in [0.25, 0.3) is 0 Å². The first-order chi connectivity index (χ1) is 7.83. The smallest absolute Gasteiger partial charge is 0.311 e. The van der Waals surface area contributed by atoms with Gasteiger partial charge >= 0.3 is 5.97 Å². The van der Waals surface area contributed by atoms with Crippen molar-refractivity contribution in [1.29, 1.82) is 0 Å². The van der Waals surface area contributed by atoms with E-state index in [2.05, 4.69) is 12.2 Å². The van der Waals surface area contributed by atoms with Crippen molar-refractivity contribution in [1.82, 2.24) is 0 Å². The van der Waals surface area contributed by atoms with Gasteiger partial charge in [0.05, 0.1) is 12.5 Å². The molecule has 0 aromatic heterocycles. The topological polar surface area (TPSA) is 35.5 Å². The van der Waals surface area contributed by atoms with E-state index in [-0.39, 0.29) is 18.2 Å². The van der Waals surface area contributed by atoms with Crippen LogP contribution < -0.4 is 0 Å². The van der Waals surface area contributed by atoms with Crippen LogP contribution in [0.25, 0.3) is 0 Å². The van der Waals surface area contributed by atoms with Crippen LogP contribution in [-0.2, 0) is 14.3 Å². The van der Waals surface area contributed by atoms with Gasteiger partial charge in [0.15, 0.2) is 0 Å². The van der Waals surface area contributed by atoms with E-state index in [9.17, 15) is 4.79 Å². The van der Waals surface area contributed by atoms with Crippen LogP contribution in [0.15, 0.2) is 12.2 Å². The first-order valence-electron chi connectivity index (χ1n) is 6.33. The lowest BCUT2D eigenvalue weighted by Gasteiger charge is -2.25. The summed E-state index contributed by atoms with van der Waals surface area (Å²) in [5.74, 6) is 1.11. The van der Waals surface area contributed by atoms with Crippen molar-refractivity contribution in [2.45, 2.75) is 38.4 Å². The van der Waals surface area contributed by atoms with Gasteiger partial charge in [-0.25, -0.2) is 0 Å². The average Bonchev–Trinajstić information content (AvgIpc) is 2.92. The molecule has 1 aliphatic heterocycles. The lowest BCUT2D eigenvalue weighted by atomic mass is 9.94. The number of esters is 1. The normalized spacial score (nSPS) is 41.2. The van der Waals surface area contributed by atoms with Crippen LogP contribution in [-0.4, -0.2) is 18.9 Å². The molecule has 2 fully saturated rings. The molecule has 0 amide bonds. The highest BCUT2D eigenvalue weighted by Gasteiger charge is 2.41. The van der Waals surface area contributed by atoms with Gasteiger partial charge in [0, 0.05) is 6.42 Å². The molecule has 1 heterocycles. The van der Waals surface area contributed by atoms with E-state index in [1.54, 1.807) is 0 Å². The van der Waals surface area contributed by atoms with Crippen LogP contribution in [0.4, 0.5) is 0 Å². The summed E-state index contributed by atoms with van der Waals surface area (Å²) in [5.41, 5.74) is 0. The number of carbonyl (C=O) groups is 1. The van der Waals surface area contributed by atoms with Crippen LogP contribution in [0.3, 0.4) is 0 Å². The monoisotopic (exact) mass is 222 g/mol. The minimum atomic E-state index is -0.274. The number of carbonyl (C=O) groups excluding carboxylic acids is 1. The molecule has 0 aromatic rings. The maximum Gasteiger partial charge on any atom is 0.311 e. The number of hydrogen-bond acceptors (Lipinski definition) is 3. The first-order valence-corrected chi connectivity index (χ1v) is 6.33. The Bertz CT molecular complexity index is 304. The average molecular weight is 222 g/mol. The number of allylic oxidation sites excluding steroid dienone is 2. The molecule has 4 unspecified atom stereocenters. The lowest BCUT2D eigenvalue weighted by Crippen LogP contribution is -2.30. The summed E-state index contributed by atoms with van der Waals surface area (Å²) in [7, 11) is 0. The SMILES string of the molecule is O=C(OC1CCCCO1)C1CC2C=CC1C2. The van der Waals surface area contributed by atoms with Gasteiger partial charge in [0.2, 0.25) is 6.29 Å². The summed E-state index contributed by atoms with van der Waals surface area (Å²) in [6, 6.07) is 0. The van der Waals surface area contributed by atoms with Crippen LogP contribution in [0.2, 0.25) is 0 Å². The Morgan fingerprint density at radius 2 is 2.19 bits per heavy atom. The zero-order valence-corrected chi connectivity index (χ0v) is 9.43. The van der Waals surface area contributed by atoms with Crippen molar-refractivity contribution in [3.8, 4) is 0 Å². The van der Waals surface area contributed by atoms with Gasteiger partial charge in [-0.05, 0) is 37.5 Å². The Hall–Kier alpha value is -0.830. The lowest BCUT2D eigenvalue weighted by molar-refractivity contribution is -0.191. The Morgan fingerprint density at radius 1 is 1.25 bits per heavy atom. The van der Waals surface area contributed by atoms with Gasteiger partial charge in [0.1, 0.15) is 0 Å². The summed E-state index contributed by atoms with van der Waals surface area (Å²) in [6.45, 7) is 0.731. The van der Waals surface area contributed by atoms with E-state index in [0.29, 0.717) is 11.8 Å². The van der Waals surface area contributed by atoms with Gasteiger partial charge in [-0.1, -0.05) is 12.2 Å². The van der Waals surface area contributed by atoms with E-state index in [4.69, 9.17) is 9.47 Å². The molecule has 3 rings (SSSR count). The summed E-state index contributed by atoms with van der Waals surface area (Å²) in [5, 5.41) is 0. The Labute approximate surface area is 95.8 Å². The molecule has 2 bridgehead atoms. The second-order valence-corrected chi connectivity index (χ2v) is 5.12. The van der Waals surface area contributed by atoms with Crippen LogP contribution in [0, 0.1) is 17.8 Å². The maximum atomic E-state index is 12.0. The standard InChI is InChI=1S/C13H18O3/c14-13(16-12-3-1-2-6-15-12)11-8-9-4-5-10(11)7-9/h4-5,9-12H,1-3,6-8H2. The molecular weight excluding hydrogens is 204 g/mol. The molecule has 1 saturated carbocycles. The predicted molar refractivity (Wildman–Crippen MR) is 58.5 cm³/mol. The minimum Gasteiger partial charge on any atom is -0.436 e. The van der Waals surface area contributed by atoms with Gasteiger partial charge in [-0.3, -0.25) is 4.79 Å². The van der Waals surface area contributed by atoms with E-state index in [0.717, 1.165) is 38.7 Å². The molecule has 1 saturated heterocycles. The number of rotatable bonds is 2. The molecule has 0 spiro atoms. The van der Waals surface area contributed by atoms with Crippen molar-refractivity contribution >= 4 is 5.97 Å². The summed E-state index contributed by atoms with van der Waals surface area (Å²) < 4.78 is 10.9. The second kappa shape index (κ2) is 4.21. The number of fused-ring (bicyclic) bond motifs is 2. The maximum absolute atomic E-state index is 12.0. The van der Waals surface area contributed by atoms with Crippen molar-refractivity contribution in [2.24, 2.45) is 17.8 Å². The third-order valence-corrected chi connectivity index (χ3v) is 3.97. The number of hydrogen-bond donors (Lipinski definition) is 0. The largest absolute Gasteiger partial charge is 0.436 e. The summed E-state index contributed by atoms with van der Waals surface area (Å²) >= 11 is 0. The molecule has 0 N–H and O–H groups in total. The molecule has 3 heteroatoms. The van der Waals surface area contributed by atoms with Crippen LogP contribution in [0.1, 0.15) is 32.1 Å². The quantitative estimate of drug-likeness (QED) is 0.531. The fraction of sp³-hybridized carbons (Fsp3) is 0.769. The molecular formula is C13H18O3. The summed E-state index contributed by atoms with van der Waals surface area (Å²) in [4.78, 5) is 12.0. The molecule has 88 valence electrons. The first kappa shape index (κ1) is 10.3. The van der Waals surface area contributed by atoms with Crippen molar-refractivity contribution in [2.75, 3.05) is 6.61 Å². The van der Waals surface area contributed by atoms with Gasteiger partial charge in [-0.15, -0.1) is 0 Å². The third-order valence-electron chi connectivity index (χ3n) is 3.97. The van der Waals surface area contributed by atoms with Gasteiger partial charge in [-0.2, -0.15) is 0 Å². The molecule has 3 aliphatic rings. The summed E-state index contributed by atoms with van der Waals surface area (Å²) in [6.07, 6.45) is 9.33. The van der Waals surface area contributed by atoms with Gasteiger partial charge < -0.3 is 9.47 Å². The van der Waals surface area contributed by atoms with E-state index < -0.39 is 0 Å². The van der Waals surface area contributed by atoms with Crippen molar-refractivity contribution in [3.05, 3.63) is 12.2 Å². The Balaban J connectivity index is 1.55. The van der Waals surface area contributed by atoms with Crippen LogP contribution in [0.5, 0.6) is 0 Å². The predicted octanol–water partition coefficient (Wildman–Crippen LogP) is 2.27. The molecule has 3 nitrogen and oxygen atoms in total. The molecule has 0 aromatic carbocycles. The second-order valence-electron chi connectivity index (χ2n) is 5.12. The number of ether oxygens (including phenoxy) is 2. The Morgan fingerprint density at radius 3 is 2.81 bits per heavy atom. The van der Waals surface area contributed by atoms with Crippen LogP contribution >= 0.6 is 0 Å². The van der Waals surface area contributed by atoms with E-state index >= 15 is 0 Å². The van der Waals surface area contributed by atoms with Crippen molar-refractivity contribution < 1.29 is 14.3 Å². The highest BCUT2D eigenvalue weighted by atomic mass is 16.7. The fourth-order valence-electron chi connectivity index (χ4n) is 3.07.